The Morgan fingerprint density at radius 1 is 1.00 bits per heavy atom. The number of anilines is 1. The Labute approximate surface area is 190 Å². The maximum atomic E-state index is 12.0. The summed E-state index contributed by atoms with van der Waals surface area (Å²) in [5.41, 5.74) is 1.09. The van der Waals surface area contributed by atoms with Gasteiger partial charge < -0.3 is 19.5 Å². The van der Waals surface area contributed by atoms with Crippen LogP contribution < -0.4 is 24.8 Å². The van der Waals surface area contributed by atoms with Gasteiger partial charge in [0.1, 0.15) is 11.5 Å². The van der Waals surface area contributed by atoms with E-state index < -0.39 is 6.03 Å². The van der Waals surface area contributed by atoms with Crippen molar-refractivity contribution in [3.05, 3.63) is 47.6 Å². The van der Waals surface area contributed by atoms with E-state index >= 15 is 0 Å². The van der Waals surface area contributed by atoms with E-state index in [-0.39, 0.29) is 10.9 Å². The first kappa shape index (κ1) is 23.1. The third-order valence-corrected chi connectivity index (χ3v) is 4.92. The highest BCUT2D eigenvalue weighted by Crippen LogP contribution is 2.38. The van der Waals surface area contributed by atoms with Crippen LogP contribution >= 0.6 is 11.6 Å². The number of aromatic nitrogens is 1. The number of fused-ring (bicyclic) bond motifs is 1. The third kappa shape index (κ3) is 5.59. The van der Waals surface area contributed by atoms with Gasteiger partial charge in [0, 0.05) is 29.8 Å². The van der Waals surface area contributed by atoms with Crippen LogP contribution in [-0.2, 0) is 4.79 Å². The number of carbonyl (C=O) groups excluding carboxylic acids is 2. The number of amides is 3. The van der Waals surface area contributed by atoms with Gasteiger partial charge in [-0.05, 0) is 36.8 Å². The predicted octanol–water partition coefficient (Wildman–Crippen LogP) is 5.54. The number of imide groups is 1. The van der Waals surface area contributed by atoms with Gasteiger partial charge >= 0.3 is 6.03 Å². The number of pyridine rings is 1. The molecule has 0 radical (unpaired) electrons. The molecule has 1 aromatic heterocycles. The molecule has 0 atom stereocenters. The fourth-order valence-corrected chi connectivity index (χ4v) is 3.22. The number of benzene rings is 2. The van der Waals surface area contributed by atoms with E-state index in [0.29, 0.717) is 46.0 Å². The molecule has 3 amide bonds. The van der Waals surface area contributed by atoms with Crippen LogP contribution in [0.4, 0.5) is 10.5 Å². The van der Waals surface area contributed by atoms with Gasteiger partial charge in [-0.3, -0.25) is 15.1 Å². The minimum Gasteiger partial charge on any atom is -0.493 e. The summed E-state index contributed by atoms with van der Waals surface area (Å²) < 4.78 is 16.7. The van der Waals surface area contributed by atoms with Crippen LogP contribution in [-0.4, -0.2) is 31.1 Å². The summed E-state index contributed by atoms with van der Waals surface area (Å²) in [6.45, 7) is 1.97. The normalized spacial score (nSPS) is 10.5. The van der Waals surface area contributed by atoms with Crippen molar-refractivity contribution in [3.63, 3.8) is 0 Å². The number of methoxy groups -OCH3 is 2. The Hall–Kier alpha value is -3.52. The van der Waals surface area contributed by atoms with Crippen molar-refractivity contribution in [1.82, 2.24) is 10.3 Å². The van der Waals surface area contributed by atoms with Crippen molar-refractivity contribution in [2.75, 3.05) is 19.5 Å². The zero-order valence-corrected chi connectivity index (χ0v) is 18.8. The second-order valence-corrected chi connectivity index (χ2v) is 7.29. The molecule has 32 heavy (non-hydrogen) atoms. The predicted molar refractivity (Wildman–Crippen MR) is 123 cm³/mol. The number of unbranched alkanes of at least 4 members (excludes halogenated alkanes) is 1. The first-order valence-electron chi connectivity index (χ1n) is 10.0. The quantitative estimate of drug-likeness (QED) is 0.461. The van der Waals surface area contributed by atoms with Crippen LogP contribution in [0.5, 0.6) is 23.0 Å². The van der Waals surface area contributed by atoms with Crippen LogP contribution in [0, 0.1) is 0 Å². The lowest BCUT2D eigenvalue weighted by Gasteiger charge is -2.14. The first-order chi connectivity index (χ1) is 15.4. The van der Waals surface area contributed by atoms with Crippen molar-refractivity contribution in [2.24, 2.45) is 0 Å². The lowest BCUT2D eigenvalue weighted by molar-refractivity contribution is -0.120. The standard InChI is InChI=1S/C23H24ClN3O5/c1-4-5-6-22(28)27-23(29)26-14-7-8-19(16(24)11-14)32-18-9-10-25-17-13-21(31-3)20(30-2)12-15(17)18/h7-13H,4-6H2,1-3H3,(H2,26,27,28,29). The summed E-state index contributed by atoms with van der Waals surface area (Å²) in [7, 11) is 3.11. The van der Waals surface area contributed by atoms with E-state index in [9.17, 15) is 9.59 Å². The van der Waals surface area contributed by atoms with Crippen LogP contribution in [0.3, 0.4) is 0 Å². The Balaban J connectivity index is 1.77. The molecule has 1 heterocycles. The van der Waals surface area contributed by atoms with E-state index in [4.69, 9.17) is 25.8 Å². The summed E-state index contributed by atoms with van der Waals surface area (Å²) in [5.74, 6) is 1.69. The summed E-state index contributed by atoms with van der Waals surface area (Å²) >= 11 is 6.37. The van der Waals surface area contributed by atoms with Gasteiger partial charge in [0.25, 0.3) is 0 Å². The number of nitrogens with zero attached hydrogens (tertiary/aromatic N) is 1. The highest BCUT2D eigenvalue weighted by molar-refractivity contribution is 6.32. The molecule has 0 saturated heterocycles. The van der Waals surface area contributed by atoms with Crippen molar-refractivity contribution in [3.8, 4) is 23.0 Å². The van der Waals surface area contributed by atoms with Gasteiger partial charge in [0.2, 0.25) is 5.91 Å². The van der Waals surface area contributed by atoms with Gasteiger partial charge in [-0.25, -0.2) is 4.79 Å². The van der Waals surface area contributed by atoms with E-state index in [1.54, 1.807) is 56.8 Å². The Kier molecular flexibility index (Phi) is 7.72. The van der Waals surface area contributed by atoms with Gasteiger partial charge in [-0.2, -0.15) is 0 Å². The molecule has 0 bridgehead atoms. The van der Waals surface area contributed by atoms with Crippen molar-refractivity contribution >= 4 is 40.1 Å². The van der Waals surface area contributed by atoms with Crippen molar-refractivity contribution in [1.29, 1.82) is 0 Å². The number of carbonyl (C=O) groups is 2. The number of ether oxygens (including phenoxy) is 3. The number of urea groups is 1. The first-order valence-corrected chi connectivity index (χ1v) is 10.4. The lowest BCUT2D eigenvalue weighted by atomic mass is 10.2. The minimum absolute atomic E-state index is 0.283. The fourth-order valence-electron chi connectivity index (χ4n) is 3.01. The number of hydrogen-bond acceptors (Lipinski definition) is 6. The molecule has 0 spiro atoms. The summed E-state index contributed by atoms with van der Waals surface area (Å²) in [6.07, 6.45) is 3.51. The smallest absolute Gasteiger partial charge is 0.325 e. The van der Waals surface area contributed by atoms with E-state index in [0.717, 1.165) is 12.8 Å². The zero-order valence-electron chi connectivity index (χ0n) is 18.0. The van der Waals surface area contributed by atoms with E-state index in [1.165, 1.54) is 0 Å². The average Bonchev–Trinajstić information content (AvgIpc) is 2.78. The molecule has 0 fully saturated rings. The maximum absolute atomic E-state index is 12.0. The average molecular weight is 458 g/mol. The summed E-state index contributed by atoms with van der Waals surface area (Å²) in [5, 5.41) is 5.87. The molecule has 3 rings (SSSR count). The molecule has 9 heteroatoms. The molecule has 0 saturated carbocycles. The van der Waals surface area contributed by atoms with Gasteiger partial charge in [0.05, 0.1) is 24.8 Å². The molecule has 168 valence electrons. The number of nitrogens with one attached hydrogen (secondary N) is 2. The largest absolute Gasteiger partial charge is 0.493 e. The molecule has 0 aliphatic heterocycles. The molecule has 8 nitrogen and oxygen atoms in total. The van der Waals surface area contributed by atoms with Crippen LogP contribution in [0.25, 0.3) is 10.9 Å². The molecular formula is C23H24ClN3O5. The van der Waals surface area contributed by atoms with Crippen LogP contribution in [0.1, 0.15) is 26.2 Å². The molecule has 0 unspecified atom stereocenters. The minimum atomic E-state index is -0.614. The highest BCUT2D eigenvalue weighted by atomic mass is 35.5. The lowest BCUT2D eigenvalue weighted by Crippen LogP contribution is -2.34. The molecule has 3 aromatic rings. The summed E-state index contributed by atoms with van der Waals surface area (Å²) in [6, 6.07) is 9.44. The fraction of sp³-hybridized carbons (Fsp3) is 0.261. The van der Waals surface area contributed by atoms with E-state index in [2.05, 4.69) is 15.6 Å². The Morgan fingerprint density at radius 3 is 2.44 bits per heavy atom. The van der Waals surface area contributed by atoms with Crippen molar-refractivity contribution < 1.29 is 23.8 Å². The van der Waals surface area contributed by atoms with Crippen molar-refractivity contribution in [2.45, 2.75) is 26.2 Å². The number of hydrogen-bond donors (Lipinski definition) is 2. The number of halogens is 1. The Morgan fingerprint density at radius 2 is 1.75 bits per heavy atom. The monoisotopic (exact) mass is 457 g/mol. The van der Waals surface area contributed by atoms with Crippen LogP contribution in [0.2, 0.25) is 5.02 Å². The van der Waals surface area contributed by atoms with Gasteiger partial charge in [-0.15, -0.1) is 0 Å². The zero-order chi connectivity index (χ0) is 23.1. The maximum Gasteiger partial charge on any atom is 0.325 e. The second kappa shape index (κ2) is 10.7. The molecule has 0 aliphatic carbocycles. The molecule has 0 aliphatic rings. The van der Waals surface area contributed by atoms with Gasteiger partial charge in [-0.1, -0.05) is 24.9 Å². The second-order valence-electron chi connectivity index (χ2n) is 6.89. The molecule has 2 N–H and O–H groups in total. The van der Waals surface area contributed by atoms with Crippen LogP contribution in [0.15, 0.2) is 42.6 Å². The third-order valence-electron chi connectivity index (χ3n) is 4.63. The molecular weight excluding hydrogens is 434 g/mol. The SMILES string of the molecule is CCCCC(=O)NC(=O)Nc1ccc(Oc2ccnc3cc(OC)c(OC)cc23)c(Cl)c1. The van der Waals surface area contributed by atoms with E-state index in [1.807, 2.05) is 6.92 Å². The number of rotatable bonds is 8. The van der Waals surface area contributed by atoms with Gasteiger partial charge in [0.15, 0.2) is 11.5 Å². The summed E-state index contributed by atoms with van der Waals surface area (Å²) in [4.78, 5) is 28.0. The topological polar surface area (TPSA) is 98.8 Å². The Bertz CT molecular complexity index is 1140. The highest BCUT2D eigenvalue weighted by Gasteiger charge is 2.14. The molecule has 2 aromatic carbocycles.